The Labute approximate surface area is 126 Å². The molecule has 2 rings (SSSR count). The molecule has 0 radical (unpaired) electrons. The molecule has 0 saturated heterocycles. The van der Waals surface area contributed by atoms with Crippen LogP contribution in [-0.2, 0) is 19.2 Å². The molecule has 0 aromatic heterocycles. The molecule has 7 heteroatoms. The van der Waals surface area contributed by atoms with Gasteiger partial charge in [-0.1, -0.05) is 12.1 Å². The number of ketones is 2. The molecule has 0 spiro atoms. The van der Waals surface area contributed by atoms with E-state index in [9.17, 15) is 19.2 Å². The van der Waals surface area contributed by atoms with Crippen molar-refractivity contribution in [2.75, 3.05) is 5.32 Å². The van der Waals surface area contributed by atoms with Crippen LogP contribution in [0.1, 0.15) is 25.8 Å². The molecule has 0 aliphatic carbocycles. The van der Waals surface area contributed by atoms with Crippen LogP contribution in [0.15, 0.2) is 29.4 Å². The quantitative estimate of drug-likeness (QED) is 0.796. The van der Waals surface area contributed by atoms with Crippen molar-refractivity contribution in [1.29, 1.82) is 0 Å². The van der Waals surface area contributed by atoms with Crippen molar-refractivity contribution in [2.45, 2.75) is 20.3 Å². The first-order valence-electron chi connectivity index (χ1n) is 6.70. The van der Waals surface area contributed by atoms with E-state index < -0.39 is 17.7 Å². The molecule has 1 aromatic carbocycles. The zero-order valence-electron chi connectivity index (χ0n) is 12.2. The molecule has 1 atom stereocenters. The maximum Gasteiger partial charge on any atom is 0.250 e. The van der Waals surface area contributed by atoms with Crippen molar-refractivity contribution in [3.8, 4) is 0 Å². The smallest absolute Gasteiger partial charge is 0.250 e. The van der Waals surface area contributed by atoms with Gasteiger partial charge in [-0.05, 0) is 26.0 Å². The predicted molar refractivity (Wildman–Crippen MR) is 79.2 cm³/mol. The highest BCUT2D eigenvalue weighted by atomic mass is 16.2. The number of hydrazone groups is 1. The van der Waals surface area contributed by atoms with Crippen LogP contribution in [0, 0.1) is 5.92 Å². The van der Waals surface area contributed by atoms with Crippen molar-refractivity contribution >= 4 is 34.8 Å². The van der Waals surface area contributed by atoms with Crippen LogP contribution >= 0.6 is 0 Å². The maximum absolute atomic E-state index is 12.0. The molecule has 114 valence electrons. The standard InChI is InChI=1S/C15H15N3O4/c1-8(19)7-12(20)16-11-5-3-10(4-6-11)13-14(21)9(2)15(22)18-17-13/h3-6,9H,7H2,1-2H3,(H,16,20)(H,18,22). The number of carbonyl (C=O) groups excluding carboxylic acids is 4. The number of Topliss-reactive ketones (excluding diaryl/α,β-unsaturated/α-hetero) is 2. The van der Waals surface area contributed by atoms with Crippen LogP contribution in [0.4, 0.5) is 5.69 Å². The third kappa shape index (κ3) is 3.43. The first-order valence-corrected chi connectivity index (χ1v) is 6.70. The highest BCUT2D eigenvalue weighted by Crippen LogP contribution is 2.15. The van der Waals surface area contributed by atoms with Crippen molar-refractivity contribution < 1.29 is 19.2 Å². The summed E-state index contributed by atoms with van der Waals surface area (Å²) in [5, 5.41) is 6.35. The second-order valence-electron chi connectivity index (χ2n) is 5.03. The van der Waals surface area contributed by atoms with Gasteiger partial charge in [-0.25, -0.2) is 5.43 Å². The Balaban J connectivity index is 2.12. The minimum Gasteiger partial charge on any atom is -0.326 e. The summed E-state index contributed by atoms with van der Waals surface area (Å²) in [6, 6.07) is 6.43. The fraction of sp³-hybridized carbons (Fsp3) is 0.267. The van der Waals surface area contributed by atoms with Crippen molar-refractivity contribution in [1.82, 2.24) is 5.43 Å². The highest BCUT2D eigenvalue weighted by molar-refractivity contribution is 6.50. The molecule has 2 N–H and O–H groups in total. The first-order chi connectivity index (χ1) is 10.4. The van der Waals surface area contributed by atoms with E-state index >= 15 is 0 Å². The lowest BCUT2D eigenvalue weighted by Crippen LogP contribution is -2.41. The van der Waals surface area contributed by atoms with Crippen LogP contribution in [-0.4, -0.2) is 29.1 Å². The Hall–Kier alpha value is -2.83. The van der Waals surface area contributed by atoms with E-state index in [2.05, 4.69) is 15.8 Å². The summed E-state index contributed by atoms with van der Waals surface area (Å²) in [4.78, 5) is 45.7. The number of nitrogens with zero attached hydrogens (tertiary/aromatic N) is 1. The van der Waals surface area contributed by atoms with Gasteiger partial charge in [0.1, 0.15) is 17.4 Å². The number of nitrogens with one attached hydrogen (secondary N) is 2. The summed E-state index contributed by atoms with van der Waals surface area (Å²) >= 11 is 0. The van der Waals surface area contributed by atoms with E-state index in [0.29, 0.717) is 11.3 Å². The predicted octanol–water partition coefficient (Wildman–Crippen LogP) is 0.643. The molecule has 0 fully saturated rings. The summed E-state index contributed by atoms with van der Waals surface area (Å²) in [7, 11) is 0. The zero-order chi connectivity index (χ0) is 16.3. The maximum atomic E-state index is 12.0. The van der Waals surface area contributed by atoms with Crippen LogP contribution in [0.2, 0.25) is 0 Å². The molecule has 1 aromatic rings. The summed E-state index contributed by atoms with van der Waals surface area (Å²) in [5.74, 6) is -2.17. The first kappa shape index (κ1) is 15.6. The number of amides is 2. The van der Waals surface area contributed by atoms with Crippen LogP contribution in [0.5, 0.6) is 0 Å². The summed E-state index contributed by atoms with van der Waals surface area (Å²) in [6.07, 6.45) is -0.184. The average Bonchev–Trinajstić information content (AvgIpc) is 2.45. The number of anilines is 1. The lowest BCUT2D eigenvalue weighted by atomic mass is 9.95. The molecule has 0 bridgehead atoms. The molecular weight excluding hydrogens is 286 g/mol. The Kier molecular flexibility index (Phi) is 4.45. The van der Waals surface area contributed by atoms with Gasteiger partial charge in [0.25, 0.3) is 5.91 Å². The van der Waals surface area contributed by atoms with E-state index in [0.717, 1.165) is 0 Å². The molecule has 1 unspecified atom stereocenters. The van der Waals surface area contributed by atoms with Gasteiger partial charge in [0.05, 0.1) is 6.42 Å². The van der Waals surface area contributed by atoms with Gasteiger partial charge in [-0.3, -0.25) is 19.2 Å². The summed E-state index contributed by atoms with van der Waals surface area (Å²) in [5.41, 5.74) is 3.53. The fourth-order valence-corrected chi connectivity index (χ4v) is 1.94. The van der Waals surface area contributed by atoms with Gasteiger partial charge in [-0.2, -0.15) is 5.10 Å². The summed E-state index contributed by atoms with van der Waals surface area (Å²) in [6.45, 7) is 2.85. The number of rotatable bonds is 4. The van der Waals surface area contributed by atoms with E-state index in [4.69, 9.17) is 0 Å². The molecule has 7 nitrogen and oxygen atoms in total. The molecule has 1 aliphatic heterocycles. The van der Waals surface area contributed by atoms with E-state index in [1.165, 1.54) is 13.8 Å². The van der Waals surface area contributed by atoms with Gasteiger partial charge in [0.15, 0.2) is 5.78 Å². The molecule has 0 saturated carbocycles. The zero-order valence-corrected chi connectivity index (χ0v) is 12.2. The minimum atomic E-state index is -0.776. The SMILES string of the molecule is CC(=O)CC(=O)Nc1ccc(C2=NNC(=O)C(C)C2=O)cc1. The Morgan fingerprint density at radius 3 is 2.45 bits per heavy atom. The van der Waals surface area contributed by atoms with Crippen molar-refractivity contribution in [2.24, 2.45) is 11.0 Å². The third-order valence-electron chi connectivity index (χ3n) is 3.15. The van der Waals surface area contributed by atoms with Gasteiger partial charge < -0.3 is 5.32 Å². The van der Waals surface area contributed by atoms with Crippen molar-refractivity contribution in [3.05, 3.63) is 29.8 Å². The van der Waals surface area contributed by atoms with E-state index in [1.54, 1.807) is 24.3 Å². The third-order valence-corrected chi connectivity index (χ3v) is 3.15. The summed E-state index contributed by atoms with van der Waals surface area (Å²) < 4.78 is 0. The Morgan fingerprint density at radius 2 is 1.86 bits per heavy atom. The molecule has 1 heterocycles. The number of hydrogen-bond acceptors (Lipinski definition) is 5. The largest absolute Gasteiger partial charge is 0.326 e. The number of benzene rings is 1. The van der Waals surface area contributed by atoms with Gasteiger partial charge in [0.2, 0.25) is 5.91 Å². The molecule has 1 aliphatic rings. The Morgan fingerprint density at radius 1 is 1.23 bits per heavy atom. The highest BCUT2D eigenvalue weighted by Gasteiger charge is 2.30. The monoisotopic (exact) mass is 301 g/mol. The van der Waals surface area contributed by atoms with Crippen LogP contribution < -0.4 is 10.7 Å². The van der Waals surface area contributed by atoms with Gasteiger partial charge in [0, 0.05) is 11.3 Å². The minimum absolute atomic E-state index is 0.175. The van der Waals surface area contributed by atoms with Crippen LogP contribution in [0.3, 0.4) is 0 Å². The fourth-order valence-electron chi connectivity index (χ4n) is 1.94. The topological polar surface area (TPSA) is 105 Å². The van der Waals surface area contributed by atoms with Crippen LogP contribution in [0.25, 0.3) is 0 Å². The lowest BCUT2D eigenvalue weighted by molar-refractivity contribution is -0.131. The molecule has 2 amide bonds. The number of carbonyl (C=O) groups is 4. The Bertz CT molecular complexity index is 677. The van der Waals surface area contributed by atoms with Gasteiger partial charge in [-0.15, -0.1) is 0 Å². The second-order valence-corrected chi connectivity index (χ2v) is 5.03. The second kappa shape index (κ2) is 6.30. The molecule has 22 heavy (non-hydrogen) atoms. The average molecular weight is 301 g/mol. The van der Waals surface area contributed by atoms with E-state index in [-0.39, 0.29) is 23.7 Å². The normalized spacial score (nSPS) is 17.5. The van der Waals surface area contributed by atoms with Crippen molar-refractivity contribution in [3.63, 3.8) is 0 Å². The number of hydrogen-bond donors (Lipinski definition) is 2. The van der Waals surface area contributed by atoms with Gasteiger partial charge >= 0.3 is 0 Å². The molecular formula is C15H15N3O4. The lowest BCUT2D eigenvalue weighted by Gasteiger charge is -2.16. The van der Waals surface area contributed by atoms with E-state index in [1.807, 2.05) is 0 Å².